The van der Waals surface area contributed by atoms with Crippen LogP contribution in [0.1, 0.15) is 18.1 Å². The smallest absolute Gasteiger partial charge is 0.129 e. The molecule has 20 heavy (non-hydrogen) atoms. The van der Waals surface area contributed by atoms with E-state index in [2.05, 4.69) is 36.5 Å². The number of nitrogens with zero attached hydrogens (tertiary/aromatic N) is 1. The summed E-state index contributed by atoms with van der Waals surface area (Å²) in [6.45, 7) is 5.43. The van der Waals surface area contributed by atoms with E-state index in [4.69, 9.17) is 0 Å². The Morgan fingerprint density at radius 1 is 1.10 bits per heavy atom. The summed E-state index contributed by atoms with van der Waals surface area (Å²) in [7, 11) is 1.97. The van der Waals surface area contributed by atoms with Crippen molar-refractivity contribution in [1.82, 2.24) is 5.32 Å². The topological polar surface area (TPSA) is 15.3 Å². The number of anilines is 2. The van der Waals surface area contributed by atoms with Crippen LogP contribution in [-0.4, -0.2) is 13.6 Å². The predicted octanol–water partition coefficient (Wildman–Crippen LogP) is 4.01. The molecule has 0 heterocycles. The van der Waals surface area contributed by atoms with Gasteiger partial charge in [-0.2, -0.15) is 0 Å². The lowest BCUT2D eigenvalue weighted by Crippen LogP contribution is -2.18. The van der Waals surface area contributed by atoms with Gasteiger partial charge in [0.05, 0.1) is 0 Å². The SMILES string of the molecule is CCNCc1c(F)cccc1N(C)c1ccc(C)cc1. The number of hydrogen-bond acceptors (Lipinski definition) is 2. The van der Waals surface area contributed by atoms with Crippen molar-refractivity contribution < 1.29 is 4.39 Å². The molecule has 0 saturated carbocycles. The predicted molar refractivity (Wildman–Crippen MR) is 83.0 cm³/mol. The van der Waals surface area contributed by atoms with Gasteiger partial charge in [0, 0.05) is 30.5 Å². The first-order chi connectivity index (χ1) is 9.63. The second-order valence-electron chi connectivity index (χ2n) is 4.91. The van der Waals surface area contributed by atoms with Crippen molar-refractivity contribution in [2.24, 2.45) is 0 Å². The summed E-state index contributed by atoms with van der Waals surface area (Å²) >= 11 is 0. The van der Waals surface area contributed by atoms with E-state index in [1.807, 2.05) is 24.9 Å². The van der Waals surface area contributed by atoms with E-state index in [9.17, 15) is 4.39 Å². The summed E-state index contributed by atoms with van der Waals surface area (Å²) in [5.74, 6) is -0.164. The Bertz CT molecular complexity index is 564. The van der Waals surface area contributed by atoms with Crippen molar-refractivity contribution >= 4 is 11.4 Å². The molecule has 0 aliphatic carbocycles. The van der Waals surface area contributed by atoms with Crippen LogP contribution in [0, 0.1) is 12.7 Å². The van der Waals surface area contributed by atoms with Gasteiger partial charge in [0.1, 0.15) is 5.82 Å². The minimum Gasteiger partial charge on any atom is -0.344 e. The molecule has 2 aromatic rings. The Labute approximate surface area is 120 Å². The Hall–Kier alpha value is -1.87. The quantitative estimate of drug-likeness (QED) is 0.884. The van der Waals surface area contributed by atoms with Gasteiger partial charge in [0.15, 0.2) is 0 Å². The molecule has 2 nitrogen and oxygen atoms in total. The summed E-state index contributed by atoms with van der Waals surface area (Å²) in [6.07, 6.45) is 0. The van der Waals surface area contributed by atoms with Gasteiger partial charge in [0.2, 0.25) is 0 Å². The zero-order chi connectivity index (χ0) is 14.5. The molecule has 0 aliphatic rings. The highest BCUT2D eigenvalue weighted by molar-refractivity contribution is 5.66. The zero-order valence-corrected chi connectivity index (χ0v) is 12.3. The van der Waals surface area contributed by atoms with Gasteiger partial charge in [-0.1, -0.05) is 30.7 Å². The molecule has 0 unspecified atom stereocenters. The number of rotatable bonds is 5. The van der Waals surface area contributed by atoms with Crippen molar-refractivity contribution in [2.45, 2.75) is 20.4 Å². The van der Waals surface area contributed by atoms with Crippen molar-refractivity contribution in [2.75, 3.05) is 18.5 Å². The molecular formula is C17H21FN2. The van der Waals surface area contributed by atoms with Crippen molar-refractivity contribution in [3.8, 4) is 0 Å². The highest BCUT2D eigenvalue weighted by atomic mass is 19.1. The standard InChI is InChI=1S/C17H21FN2/c1-4-19-12-15-16(18)6-5-7-17(15)20(3)14-10-8-13(2)9-11-14/h5-11,19H,4,12H2,1-3H3. The maximum absolute atomic E-state index is 14.0. The molecule has 2 rings (SSSR count). The number of hydrogen-bond donors (Lipinski definition) is 1. The molecule has 0 aliphatic heterocycles. The van der Waals surface area contributed by atoms with Crippen molar-refractivity contribution in [1.29, 1.82) is 0 Å². The lowest BCUT2D eigenvalue weighted by Gasteiger charge is -2.23. The number of nitrogens with one attached hydrogen (secondary N) is 1. The molecular weight excluding hydrogens is 251 g/mol. The number of benzene rings is 2. The highest BCUT2D eigenvalue weighted by Crippen LogP contribution is 2.28. The van der Waals surface area contributed by atoms with Gasteiger partial charge in [-0.15, -0.1) is 0 Å². The lowest BCUT2D eigenvalue weighted by atomic mass is 10.1. The largest absolute Gasteiger partial charge is 0.344 e. The monoisotopic (exact) mass is 272 g/mol. The molecule has 3 heteroatoms. The first-order valence-electron chi connectivity index (χ1n) is 6.92. The van der Waals surface area contributed by atoms with E-state index in [0.717, 1.165) is 17.9 Å². The third-order valence-corrected chi connectivity index (χ3v) is 3.43. The molecule has 0 bridgehead atoms. The van der Waals surface area contributed by atoms with E-state index in [-0.39, 0.29) is 5.82 Å². The van der Waals surface area contributed by atoms with Crippen LogP contribution in [0.5, 0.6) is 0 Å². The van der Waals surface area contributed by atoms with Gasteiger partial charge in [-0.25, -0.2) is 4.39 Å². The maximum atomic E-state index is 14.0. The second kappa shape index (κ2) is 6.53. The van der Waals surface area contributed by atoms with E-state index in [1.165, 1.54) is 11.6 Å². The van der Waals surface area contributed by atoms with Crippen LogP contribution in [0.4, 0.5) is 15.8 Å². The van der Waals surface area contributed by atoms with E-state index < -0.39 is 0 Å². The minimum atomic E-state index is -0.164. The van der Waals surface area contributed by atoms with Gasteiger partial charge < -0.3 is 10.2 Å². The Morgan fingerprint density at radius 3 is 2.45 bits per heavy atom. The molecule has 0 fully saturated rings. The van der Waals surface area contributed by atoms with Gasteiger partial charge >= 0.3 is 0 Å². The first-order valence-corrected chi connectivity index (χ1v) is 6.92. The van der Waals surface area contributed by atoms with E-state index in [0.29, 0.717) is 12.1 Å². The molecule has 0 radical (unpaired) electrons. The molecule has 1 N–H and O–H groups in total. The third-order valence-electron chi connectivity index (χ3n) is 3.43. The molecule has 2 aromatic carbocycles. The number of aryl methyl sites for hydroxylation is 1. The average Bonchev–Trinajstić information content (AvgIpc) is 2.46. The lowest BCUT2D eigenvalue weighted by molar-refractivity contribution is 0.593. The van der Waals surface area contributed by atoms with Gasteiger partial charge in [-0.05, 0) is 37.7 Å². The summed E-state index contributed by atoms with van der Waals surface area (Å²) in [5, 5.41) is 3.19. The first kappa shape index (κ1) is 14.5. The number of halogens is 1. The molecule has 0 atom stereocenters. The Morgan fingerprint density at radius 2 is 1.80 bits per heavy atom. The molecule has 0 saturated heterocycles. The van der Waals surface area contributed by atoms with Crippen LogP contribution >= 0.6 is 0 Å². The van der Waals surface area contributed by atoms with Crippen LogP contribution in [0.2, 0.25) is 0 Å². The molecule has 0 amide bonds. The van der Waals surface area contributed by atoms with Crippen LogP contribution in [-0.2, 0) is 6.54 Å². The summed E-state index contributed by atoms with van der Waals surface area (Å²) in [4.78, 5) is 2.02. The van der Waals surface area contributed by atoms with Crippen LogP contribution < -0.4 is 10.2 Å². The van der Waals surface area contributed by atoms with Crippen molar-refractivity contribution in [3.05, 3.63) is 59.4 Å². The normalized spacial score (nSPS) is 10.6. The summed E-state index contributed by atoms with van der Waals surface area (Å²) < 4.78 is 14.0. The van der Waals surface area contributed by atoms with Gasteiger partial charge in [-0.3, -0.25) is 0 Å². The van der Waals surface area contributed by atoms with Crippen LogP contribution in [0.25, 0.3) is 0 Å². The maximum Gasteiger partial charge on any atom is 0.129 e. The summed E-state index contributed by atoms with van der Waals surface area (Å²) in [6, 6.07) is 13.5. The Balaban J connectivity index is 2.35. The third kappa shape index (κ3) is 3.17. The fourth-order valence-corrected chi connectivity index (χ4v) is 2.19. The molecule has 0 aromatic heterocycles. The van der Waals surface area contributed by atoms with E-state index in [1.54, 1.807) is 6.07 Å². The minimum absolute atomic E-state index is 0.164. The fourth-order valence-electron chi connectivity index (χ4n) is 2.19. The molecule has 106 valence electrons. The highest BCUT2D eigenvalue weighted by Gasteiger charge is 2.12. The Kier molecular flexibility index (Phi) is 4.74. The zero-order valence-electron chi connectivity index (χ0n) is 12.3. The summed E-state index contributed by atoms with van der Waals surface area (Å²) in [5.41, 5.74) is 3.88. The second-order valence-corrected chi connectivity index (χ2v) is 4.91. The average molecular weight is 272 g/mol. The van der Waals surface area contributed by atoms with Crippen molar-refractivity contribution in [3.63, 3.8) is 0 Å². The molecule has 0 spiro atoms. The van der Waals surface area contributed by atoms with Gasteiger partial charge in [0.25, 0.3) is 0 Å². The van der Waals surface area contributed by atoms with Crippen LogP contribution in [0.3, 0.4) is 0 Å². The van der Waals surface area contributed by atoms with Crippen LogP contribution in [0.15, 0.2) is 42.5 Å². The van der Waals surface area contributed by atoms with E-state index >= 15 is 0 Å². The fraction of sp³-hybridized carbons (Fsp3) is 0.294.